The van der Waals surface area contributed by atoms with Crippen LogP contribution in [0.2, 0.25) is 0 Å². The Morgan fingerprint density at radius 3 is 2.39 bits per heavy atom. The first-order valence-electron chi connectivity index (χ1n) is 7.70. The second kappa shape index (κ2) is 7.13. The maximum Gasteiger partial charge on any atom is 0.220 e. The molecule has 104 valence electrons. The highest BCUT2D eigenvalue weighted by Crippen LogP contribution is 2.27. The molecule has 2 atom stereocenters. The van der Waals surface area contributed by atoms with Gasteiger partial charge in [-0.3, -0.25) is 4.79 Å². The van der Waals surface area contributed by atoms with E-state index >= 15 is 0 Å². The SMILES string of the molecule is O=C(CC1CCCCC1)NC1CCCCC1CO. The molecule has 0 aromatic heterocycles. The first-order chi connectivity index (χ1) is 8.79. The summed E-state index contributed by atoms with van der Waals surface area (Å²) in [6, 6.07) is 0.222. The quantitative estimate of drug-likeness (QED) is 0.809. The minimum atomic E-state index is 0.215. The molecule has 2 N–H and O–H groups in total. The molecule has 2 aliphatic carbocycles. The minimum absolute atomic E-state index is 0.215. The Morgan fingerprint density at radius 2 is 1.67 bits per heavy atom. The zero-order valence-electron chi connectivity index (χ0n) is 11.4. The molecule has 3 nitrogen and oxygen atoms in total. The van der Waals surface area contributed by atoms with Gasteiger partial charge in [-0.15, -0.1) is 0 Å². The number of hydrogen-bond acceptors (Lipinski definition) is 2. The molecule has 0 aromatic rings. The van der Waals surface area contributed by atoms with Crippen molar-refractivity contribution < 1.29 is 9.90 Å². The van der Waals surface area contributed by atoms with E-state index in [1.807, 2.05) is 0 Å². The number of nitrogens with one attached hydrogen (secondary N) is 1. The zero-order chi connectivity index (χ0) is 12.8. The van der Waals surface area contributed by atoms with Gasteiger partial charge < -0.3 is 10.4 Å². The van der Waals surface area contributed by atoms with E-state index in [1.165, 1.54) is 44.9 Å². The summed E-state index contributed by atoms with van der Waals surface area (Å²) < 4.78 is 0. The number of hydrogen-bond donors (Lipinski definition) is 2. The van der Waals surface area contributed by atoms with Crippen molar-refractivity contribution in [1.82, 2.24) is 5.32 Å². The van der Waals surface area contributed by atoms with E-state index in [0.717, 1.165) is 12.8 Å². The van der Waals surface area contributed by atoms with Gasteiger partial charge in [-0.05, 0) is 31.6 Å². The van der Waals surface area contributed by atoms with Crippen LogP contribution in [0.1, 0.15) is 64.2 Å². The van der Waals surface area contributed by atoms with Crippen molar-refractivity contribution in [3.63, 3.8) is 0 Å². The Kier molecular flexibility index (Phi) is 5.48. The molecule has 0 bridgehead atoms. The molecule has 2 rings (SSSR count). The zero-order valence-corrected chi connectivity index (χ0v) is 11.4. The molecule has 2 aliphatic rings. The summed E-state index contributed by atoms with van der Waals surface area (Å²) in [5, 5.41) is 12.5. The molecular weight excluding hydrogens is 226 g/mol. The summed E-state index contributed by atoms with van der Waals surface area (Å²) in [5.74, 6) is 1.11. The number of carbonyl (C=O) groups is 1. The van der Waals surface area contributed by atoms with Crippen molar-refractivity contribution in [3.8, 4) is 0 Å². The van der Waals surface area contributed by atoms with Gasteiger partial charge in [0.25, 0.3) is 0 Å². The summed E-state index contributed by atoms with van der Waals surface area (Å²) in [6.07, 6.45) is 11.6. The van der Waals surface area contributed by atoms with Crippen LogP contribution >= 0.6 is 0 Å². The van der Waals surface area contributed by atoms with Crippen LogP contribution in [0, 0.1) is 11.8 Å². The normalized spacial score (nSPS) is 30.1. The van der Waals surface area contributed by atoms with Crippen molar-refractivity contribution in [2.24, 2.45) is 11.8 Å². The van der Waals surface area contributed by atoms with Crippen molar-refractivity contribution in [2.75, 3.05) is 6.61 Å². The molecule has 0 heterocycles. The van der Waals surface area contributed by atoms with Gasteiger partial charge in [-0.25, -0.2) is 0 Å². The van der Waals surface area contributed by atoms with Gasteiger partial charge in [0.1, 0.15) is 0 Å². The van der Waals surface area contributed by atoms with E-state index < -0.39 is 0 Å². The number of amides is 1. The second-order valence-corrected chi connectivity index (χ2v) is 6.11. The second-order valence-electron chi connectivity index (χ2n) is 6.11. The van der Waals surface area contributed by atoms with E-state index in [2.05, 4.69) is 5.32 Å². The van der Waals surface area contributed by atoms with Crippen LogP contribution < -0.4 is 5.32 Å². The van der Waals surface area contributed by atoms with Gasteiger partial charge in [-0.1, -0.05) is 32.1 Å². The van der Waals surface area contributed by atoms with Crippen molar-refractivity contribution in [3.05, 3.63) is 0 Å². The standard InChI is InChI=1S/C15H27NO2/c17-11-13-8-4-5-9-14(13)16-15(18)10-12-6-2-1-3-7-12/h12-14,17H,1-11H2,(H,16,18). The predicted molar refractivity (Wildman–Crippen MR) is 72.2 cm³/mol. The Bertz CT molecular complexity index is 261. The highest BCUT2D eigenvalue weighted by atomic mass is 16.3. The third kappa shape index (κ3) is 3.98. The number of carbonyl (C=O) groups excluding carboxylic acids is 1. The van der Waals surface area contributed by atoms with Crippen molar-refractivity contribution in [1.29, 1.82) is 0 Å². The van der Waals surface area contributed by atoms with Gasteiger partial charge in [0.2, 0.25) is 5.91 Å². The highest BCUT2D eigenvalue weighted by molar-refractivity contribution is 5.76. The summed E-state index contributed by atoms with van der Waals surface area (Å²) in [7, 11) is 0. The molecule has 0 spiro atoms. The number of aliphatic hydroxyl groups is 1. The van der Waals surface area contributed by atoms with Gasteiger partial charge in [0.05, 0.1) is 0 Å². The van der Waals surface area contributed by atoms with Crippen LogP contribution in [0.3, 0.4) is 0 Å². The maximum atomic E-state index is 12.0. The lowest BCUT2D eigenvalue weighted by molar-refractivity contribution is -0.123. The van der Waals surface area contributed by atoms with Crippen LogP contribution in [0.4, 0.5) is 0 Å². The molecule has 0 saturated heterocycles. The Labute approximate surface area is 110 Å². The topological polar surface area (TPSA) is 49.3 Å². The van der Waals surface area contributed by atoms with E-state index in [4.69, 9.17) is 0 Å². The lowest BCUT2D eigenvalue weighted by Gasteiger charge is -2.31. The highest BCUT2D eigenvalue weighted by Gasteiger charge is 2.26. The predicted octanol–water partition coefficient (Wildman–Crippen LogP) is 2.62. The molecule has 3 heteroatoms. The fourth-order valence-electron chi connectivity index (χ4n) is 3.54. The molecule has 2 unspecified atom stereocenters. The Morgan fingerprint density at radius 1 is 1.00 bits per heavy atom. The third-order valence-electron chi connectivity index (χ3n) is 4.69. The summed E-state index contributed by atoms with van der Waals surface area (Å²) in [6.45, 7) is 0.217. The van der Waals surface area contributed by atoms with Gasteiger partial charge in [0.15, 0.2) is 0 Å². The van der Waals surface area contributed by atoms with Crippen LogP contribution in [0.5, 0.6) is 0 Å². The largest absolute Gasteiger partial charge is 0.396 e. The fourth-order valence-corrected chi connectivity index (χ4v) is 3.54. The van der Waals surface area contributed by atoms with E-state index in [-0.39, 0.29) is 24.5 Å². The molecule has 0 aliphatic heterocycles. The molecule has 2 fully saturated rings. The maximum absolute atomic E-state index is 12.0. The summed E-state index contributed by atoms with van der Waals surface area (Å²) in [4.78, 5) is 12.0. The third-order valence-corrected chi connectivity index (χ3v) is 4.69. The average molecular weight is 253 g/mol. The number of rotatable bonds is 4. The summed E-state index contributed by atoms with van der Waals surface area (Å²) in [5.41, 5.74) is 0. The molecular formula is C15H27NO2. The number of aliphatic hydroxyl groups excluding tert-OH is 1. The van der Waals surface area contributed by atoms with Gasteiger partial charge >= 0.3 is 0 Å². The van der Waals surface area contributed by atoms with E-state index in [0.29, 0.717) is 12.3 Å². The molecule has 0 aromatic carbocycles. The van der Waals surface area contributed by atoms with E-state index in [1.54, 1.807) is 0 Å². The van der Waals surface area contributed by atoms with Crippen molar-refractivity contribution >= 4 is 5.91 Å². The molecule has 2 saturated carbocycles. The summed E-state index contributed by atoms with van der Waals surface area (Å²) >= 11 is 0. The van der Waals surface area contributed by atoms with Crippen LogP contribution in [0.25, 0.3) is 0 Å². The lowest BCUT2D eigenvalue weighted by atomic mass is 9.84. The van der Waals surface area contributed by atoms with Crippen LogP contribution in [0.15, 0.2) is 0 Å². The first-order valence-corrected chi connectivity index (χ1v) is 7.70. The van der Waals surface area contributed by atoms with Crippen molar-refractivity contribution in [2.45, 2.75) is 70.3 Å². The first kappa shape index (κ1) is 13.9. The van der Waals surface area contributed by atoms with Crippen LogP contribution in [-0.2, 0) is 4.79 Å². The minimum Gasteiger partial charge on any atom is -0.396 e. The average Bonchev–Trinajstić information content (AvgIpc) is 2.40. The monoisotopic (exact) mass is 253 g/mol. The fraction of sp³-hybridized carbons (Fsp3) is 0.933. The lowest BCUT2D eigenvalue weighted by Crippen LogP contribution is -2.43. The molecule has 0 radical (unpaired) electrons. The van der Waals surface area contributed by atoms with E-state index in [9.17, 15) is 9.90 Å². The van der Waals surface area contributed by atoms with Crippen LogP contribution in [-0.4, -0.2) is 23.7 Å². The molecule has 1 amide bonds. The van der Waals surface area contributed by atoms with Gasteiger partial charge in [0, 0.05) is 25.0 Å². The Balaban J connectivity index is 1.75. The van der Waals surface area contributed by atoms with Gasteiger partial charge in [-0.2, -0.15) is 0 Å². The Hall–Kier alpha value is -0.570. The molecule has 18 heavy (non-hydrogen) atoms. The smallest absolute Gasteiger partial charge is 0.220 e.